The zero-order valence-corrected chi connectivity index (χ0v) is 8.63. The first-order valence-electron chi connectivity index (χ1n) is 4.44. The van der Waals surface area contributed by atoms with E-state index in [1.165, 1.54) is 18.2 Å². The summed E-state index contributed by atoms with van der Waals surface area (Å²) in [7, 11) is -3.76. The van der Waals surface area contributed by atoms with Gasteiger partial charge in [0.15, 0.2) is 0 Å². The lowest BCUT2D eigenvalue weighted by Crippen LogP contribution is -2.48. The van der Waals surface area contributed by atoms with Crippen molar-refractivity contribution in [3.8, 4) is 0 Å². The maximum absolute atomic E-state index is 13.2. The number of sulfonamides is 1. The van der Waals surface area contributed by atoms with E-state index in [9.17, 15) is 12.8 Å². The van der Waals surface area contributed by atoms with Gasteiger partial charge in [0.05, 0.1) is 19.3 Å². The summed E-state index contributed by atoms with van der Waals surface area (Å²) in [5.74, 6) is -0.745. The highest BCUT2D eigenvalue weighted by Crippen LogP contribution is 2.14. The maximum atomic E-state index is 13.2. The third-order valence-corrected chi connectivity index (χ3v) is 3.64. The molecule has 82 valence electrons. The van der Waals surface area contributed by atoms with Crippen LogP contribution >= 0.6 is 0 Å². The van der Waals surface area contributed by atoms with Gasteiger partial charge in [-0.05, 0) is 12.1 Å². The number of hydrogen-bond donors (Lipinski definition) is 1. The number of rotatable bonds is 3. The highest BCUT2D eigenvalue weighted by Gasteiger charge is 2.27. The summed E-state index contributed by atoms with van der Waals surface area (Å²) in [4.78, 5) is -0.322. The fraction of sp³-hybridized carbons (Fsp3) is 0.333. The van der Waals surface area contributed by atoms with Crippen molar-refractivity contribution in [1.29, 1.82) is 0 Å². The molecule has 1 aromatic carbocycles. The summed E-state index contributed by atoms with van der Waals surface area (Å²) in [6, 6.07) is 5.04. The molecule has 1 N–H and O–H groups in total. The predicted molar refractivity (Wildman–Crippen MR) is 51.3 cm³/mol. The first kappa shape index (κ1) is 10.5. The molecule has 0 bridgehead atoms. The van der Waals surface area contributed by atoms with Crippen molar-refractivity contribution in [2.45, 2.75) is 10.9 Å². The molecule has 0 aromatic heterocycles. The molecule has 6 heteroatoms. The molecule has 0 amide bonds. The predicted octanol–water partition coefficient (Wildman–Crippen LogP) is 0.503. The van der Waals surface area contributed by atoms with Gasteiger partial charge in [-0.1, -0.05) is 12.1 Å². The van der Waals surface area contributed by atoms with Crippen LogP contribution in [0.25, 0.3) is 0 Å². The zero-order chi connectivity index (χ0) is 10.9. The molecule has 4 nitrogen and oxygen atoms in total. The van der Waals surface area contributed by atoms with Gasteiger partial charge in [0, 0.05) is 0 Å². The van der Waals surface area contributed by atoms with Gasteiger partial charge in [-0.3, -0.25) is 0 Å². The molecule has 1 aliphatic rings. The Kier molecular flexibility index (Phi) is 2.72. The van der Waals surface area contributed by atoms with Crippen LogP contribution < -0.4 is 4.72 Å². The molecule has 1 saturated heterocycles. The number of hydrogen-bond acceptors (Lipinski definition) is 3. The van der Waals surface area contributed by atoms with E-state index in [1.54, 1.807) is 0 Å². The lowest BCUT2D eigenvalue weighted by Gasteiger charge is -2.26. The average Bonchev–Trinajstić information content (AvgIpc) is 2.12. The monoisotopic (exact) mass is 231 g/mol. The van der Waals surface area contributed by atoms with Crippen LogP contribution in [0.4, 0.5) is 4.39 Å². The van der Waals surface area contributed by atoms with E-state index < -0.39 is 15.8 Å². The van der Waals surface area contributed by atoms with Gasteiger partial charge in [-0.2, -0.15) is 0 Å². The van der Waals surface area contributed by atoms with Crippen LogP contribution in [-0.2, 0) is 14.8 Å². The van der Waals surface area contributed by atoms with Crippen molar-refractivity contribution in [1.82, 2.24) is 4.72 Å². The molecule has 0 aliphatic carbocycles. The zero-order valence-electron chi connectivity index (χ0n) is 7.81. The Morgan fingerprint density at radius 1 is 1.33 bits per heavy atom. The fourth-order valence-electron chi connectivity index (χ4n) is 1.25. The molecule has 15 heavy (non-hydrogen) atoms. The minimum absolute atomic E-state index is 0.241. The van der Waals surface area contributed by atoms with Crippen LogP contribution in [0.15, 0.2) is 29.2 Å². The van der Waals surface area contributed by atoms with Crippen LogP contribution in [-0.4, -0.2) is 27.7 Å². The van der Waals surface area contributed by atoms with E-state index in [1.807, 2.05) is 0 Å². The minimum Gasteiger partial charge on any atom is -0.378 e. The summed E-state index contributed by atoms with van der Waals surface area (Å²) in [6.45, 7) is 0.682. The van der Waals surface area contributed by atoms with E-state index >= 15 is 0 Å². The number of benzene rings is 1. The molecular formula is C9H10FNO3S. The van der Waals surface area contributed by atoms with Gasteiger partial charge >= 0.3 is 0 Å². The van der Waals surface area contributed by atoms with E-state index in [4.69, 9.17) is 4.74 Å². The fourth-order valence-corrected chi connectivity index (χ4v) is 2.53. The molecule has 1 aliphatic heterocycles. The third-order valence-electron chi connectivity index (χ3n) is 2.09. The molecular weight excluding hydrogens is 221 g/mol. The average molecular weight is 231 g/mol. The van der Waals surface area contributed by atoms with E-state index in [0.717, 1.165) is 6.07 Å². The molecule has 0 radical (unpaired) electrons. The Morgan fingerprint density at radius 3 is 2.53 bits per heavy atom. The number of ether oxygens (including phenoxy) is 1. The van der Waals surface area contributed by atoms with Gasteiger partial charge in [-0.15, -0.1) is 0 Å². The van der Waals surface area contributed by atoms with Gasteiger partial charge in [-0.25, -0.2) is 17.5 Å². The molecule has 2 rings (SSSR count). The SMILES string of the molecule is O=S(=O)(NC1COC1)c1ccccc1F. The minimum atomic E-state index is -3.76. The smallest absolute Gasteiger partial charge is 0.243 e. The third kappa shape index (κ3) is 2.17. The first-order chi connectivity index (χ1) is 7.09. The van der Waals surface area contributed by atoms with Crippen LogP contribution in [0.5, 0.6) is 0 Å². The van der Waals surface area contributed by atoms with Gasteiger partial charge in [0.2, 0.25) is 10.0 Å². The summed E-state index contributed by atoms with van der Waals surface area (Å²) < 4.78 is 43.7. The number of nitrogens with one attached hydrogen (secondary N) is 1. The van der Waals surface area contributed by atoms with Gasteiger partial charge in [0.1, 0.15) is 10.7 Å². The summed E-state index contributed by atoms with van der Waals surface area (Å²) in [6.07, 6.45) is 0. The van der Waals surface area contributed by atoms with E-state index in [0.29, 0.717) is 13.2 Å². The summed E-state index contributed by atoms with van der Waals surface area (Å²) in [5, 5.41) is 0. The standard InChI is InChI=1S/C9H10FNO3S/c10-8-3-1-2-4-9(8)15(12,13)11-7-5-14-6-7/h1-4,7,11H,5-6H2. The molecule has 0 saturated carbocycles. The Labute approximate surface area is 87.1 Å². The molecule has 0 spiro atoms. The summed E-state index contributed by atoms with van der Waals surface area (Å²) in [5.41, 5.74) is 0. The van der Waals surface area contributed by atoms with E-state index in [2.05, 4.69) is 4.72 Å². The summed E-state index contributed by atoms with van der Waals surface area (Å²) >= 11 is 0. The van der Waals surface area contributed by atoms with Crippen LogP contribution in [0.1, 0.15) is 0 Å². The second kappa shape index (κ2) is 3.88. The van der Waals surface area contributed by atoms with Crippen LogP contribution in [0.3, 0.4) is 0 Å². The Bertz CT molecular complexity index is 456. The first-order valence-corrected chi connectivity index (χ1v) is 5.92. The Hall–Kier alpha value is -0.980. The van der Waals surface area contributed by atoms with E-state index in [-0.39, 0.29) is 10.9 Å². The van der Waals surface area contributed by atoms with Crippen LogP contribution in [0, 0.1) is 5.82 Å². The molecule has 0 atom stereocenters. The normalized spacial score (nSPS) is 17.4. The lowest BCUT2D eigenvalue weighted by atomic mass is 10.3. The molecule has 0 unspecified atom stereocenters. The number of halogens is 1. The Balaban J connectivity index is 2.24. The van der Waals surface area contributed by atoms with Crippen molar-refractivity contribution in [2.24, 2.45) is 0 Å². The van der Waals surface area contributed by atoms with Crippen molar-refractivity contribution >= 4 is 10.0 Å². The second-order valence-corrected chi connectivity index (χ2v) is 4.97. The quantitative estimate of drug-likeness (QED) is 0.824. The molecule has 1 aromatic rings. The highest BCUT2D eigenvalue weighted by molar-refractivity contribution is 7.89. The van der Waals surface area contributed by atoms with Crippen molar-refractivity contribution < 1.29 is 17.5 Å². The Morgan fingerprint density at radius 2 is 2.00 bits per heavy atom. The second-order valence-electron chi connectivity index (χ2n) is 3.29. The largest absolute Gasteiger partial charge is 0.378 e. The molecule has 1 heterocycles. The van der Waals surface area contributed by atoms with Gasteiger partial charge in [0.25, 0.3) is 0 Å². The highest BCUT2D eigenvalue weighted by atomic mass is 32.2. The lowest BCUT2D eigenvalue weighted by molar-refractivity contribution is 0.00480. The topological polar surface area (TPSA) is 55.4 Å². The maximum Gasteiger partial charge on any atom is 0.243 e. The molecule has 1 fully saturated rings. The van der Waals surface area contributed by atoms with Crippen molar-refractivity contribution in [3.63, 3.8) is 0 Å². The van der Waals surface area contributed by atoms with Crippen molar-refractivity contribution in [3.05, 3.63) is 30.1 Å². The van der Waals surface area contributed by atoms with Gasteiger partial charge < -0.3 is 4.74 Å². The van der Waals surface area contributed by atoms with Crippen LogP contribution in [0.2, 0.25) is 0 Å². The van der Waals surface area contributed by atoms with Crippen molar-refractivity contribution in [2.75, 3.05) is 13.2 Å².